The second kappa shape index (κ2) is 6.45. The molecule has 1 aromatic heterocycles. The van der Waals surface area contributed by atoms with Crippen LogP contribution in [-0.4, -0.2) is 17.7 Å². The van der Waals surface area contributed by atoms with Crippen molar-refractivity contribution in [2.75, 3.05) is 13.1 Å². The quantitative estimate of drug-likeness (QED) is 0.721. The summed E-state index contributed by atoms with van der Waals surface area (Å²) in [7, 11) is 0. The first-order valence-electron chi connectivity index (χ1n) is 6.66. The number of nitrogens with zero attached hydrogens (tertiary/aromatic N) is 1. The normalized spacial score (nSPS) is 11.1. The van der Waals surface area contributed by atoms with Gasteiger partial charge in [0.1, 0.15) is 0 Å². The second-order valence-corrected chi connectivity index (χ2v) is 4.53. The zero-order valence-electron chi connectivity index (χ0n) is 10.7. The van der Waals surface area contributed by atoms with E-state index in [2.05, 4.69) is 53.3 Å². The Kier molecular flexibility index (Phi) is 4.63. The molecule has 0 saturated heterocycles. The van der Waals surface area contributed by atoms with Gasteiger partial charge < -0.3 is 9.88 Å². The molecular weight excluding hydrogens is 208 g/mol. The van der Waals surface area contributed by atoms with Crippen molar-refractivity contribution in [1.82, 2.24) is 9.88 Å². The summed E-state index contributed by atoms with van der Waals surface area (Å²) in [5.74, 6) is 0. The molecule has 2 heteroatoms. The highest BCUT2D eigenvalue weighted by Crippen LogP contribution is 2.14. The second-order valence-electron chi connectivity index (χ2n) is 4.53. The molecule has 2 rings (SSSR count). The molecule has 0 amide bonds. The Labute approximate surface area is 104 Å². The average Bonchev–Trinajstić information content (AvgIpc) is 2.77. The first-order valence-corrected chi connectivity index (χ1v) is 6.66. The van der Waals surface area contributed by atoms with Crippen LogP contribution in [0, 0.1) is 0 Å². The summed E-state index contributed by atoms with van der Waals surface area (Å²) < 4.78 is 2.32. The maximum absolute atomic E-state index is 3.50. The minimum absolute atomic E-state index is 1.06. The minimum atomic E-state index is 1.06. The van der Waals surface area contributed by atoms with Crippen molar-refractivity contribution in [3.63, 3.8) is 0 Å². The van der Waals surface area contributed by atoms with Crippen molar-refractivity contribution < 1.29 is 0 Å². The molecule has 0 aliphatic carbocycles. The summed E-state index contributed by atoms with van der Waals surface area (Å²) in [5, 5.41) is 4.83. The number of para-hydroxylation sites is 1. The van der Waals surface area contributed by atoms with E-state index in [0.717, 1.165) is 19.6 Å². The van der Waals surface area contributed by atoms with Gasteiger partial charge in [0, 0.05) is 24.8 Å². The fraction of sp³-hybridized carbons (Fsp3) is 0.467. The first-order chi connectivity index (χ1) is 8.42. The standard InChI is InChI=1S/C15H22N2/c1-2-3-6-10-16-11-13-17-12-9-14-7-4-5-8-15(14)17/h4-5,7-9,12,16H,2-3,6,10-11,13H2,1H3. The molecule has 0 aliphatic heterocycles. The number of hydrogen-bond acceptors (Lipinski definition) is 1. The molecule has 0 aliphatic rings. The van der Waals surface area contributed by atoms with Crippen molar-refractivity contribution in [2.24, 2.45) is 0 Å². The van der Waals surface area contributed by atoms with Crippen LogP contribution >= 0.6 is 0 Å². The van der Waals surface area contributed by atoms with E-state index in [1.165, 1.54) is 30.2 Å². The zero-order chi connectivity index (χ0) is 11.9. The summed E-state index contributed by atoms with van der Waals surface area (Å²) in [6, 6.07) is 10.7. The molecule has 0 fully saturated rings. The van der Waals surface area contributed by atoms with E-state index < -0.39 is 0 Å². The molecule has 0 spiro atoms. The highest BCUT2D eigenvalue weighted by molar-refractivity contribution is 5.79. The van der Waals surface area contributed by atoms with E-state index in [1.807, 2.05) is 0 Å². The van der Waals surface area contributed by atoms with Crippen molar-refractivity contribution in [2.45, 2.75) is 32.7 Å². The number of hydrogen-bond donors (Lipinski definition) is 1. The van der Waals surface area contributed by atoms with Gasteiger partial charge in [0.15, 0.2) is 0 Å². The number of fused-ring (bicyclic) bond motifs is 1. The molecule has 1 N–H and O–H groups in total. The minimum Gasteiger partial charge on any atom is -0.346 e. The number of benzene rings is 1. The van der Waals surface area contributed by atoms with E-state index in [4.69, 9.17) is 0 Å². The van der Waals surface area contributed by atoms with Crippen LogP contribution in [0.4, 0.5) is 0 Å². The molecule has 1 heterocycles. The predicted octanol–water partition coefficient (Wildman–Crippen LogP) is 3.42. The molecule has 0 unspecified atom stereocenters. The van der Waals surface area contributed by atoms with Gasteiger partial charge in [-0.1, -0.05) is 38.0 Å². The zero-order valence-corrected chi connectivity index (χ0v) is 10.7. The van der Waals surface area contributed by atoms with Crippen molar-refractivity contribution in [3.05, 3.63) is 36.5 Å². The van der Waals surface area contributed by atoms with Crippen LogP contribution in [0.15, 0.2) is 36.5 Å². The van der Waals surface area contributed by atoms with Gasteiger partial charge in [-0.15, -0.1) is 0 Å². The lowest BCUT2D eigenvalue weighted by molar-refractivity contribution is 0.576. The molecule has 92 valence electrons. The largest absolute Gasteiger partial charge is 0.346 e. The van der Waals surface area contributed by atoms with E-state index in [9.17, 15) is 0 Å². The lowest BCUT2D eigenvalue weighted by atomic mass is 10.2. The van der Waals surface area contributed by atoms with Crippen LogP contribution in [0.2, 0.25) is 0 Å². The summed E-state index contributed by atoms with van der Waals surface area (Å²) >= 11 is 0. The van der Waals surface area contributed by atoms with E-state index in [1.54, 1.807) is 0 Å². The molecule has 17 heavy (non-hydrogen) atoms. The number of rotatable bonds is 7. The number of aromatic nitrogens is 1. The third kappa shape index (κ3) is 3.34. The van der Waals surface area contributed by atoms with Gasteiger partial charge in [-0.25, -0.2) is 0 Å². The monoisotopic (exact) mass is 230 g/mol. The molecule has 1 aromatic carbocycles. The molecule has 2 aromatic rings. The van der Waals surface area contributed by atoms with Crippen LogP contribution < -0.4 is 5.32 Å². The summed E-state index contributed by atoms with van der Waals surface area (Å²) in [6.45, 7) is 5.50. The highest BCUT2D eigenvalue weighted by Gasteiger charge is 1.98. The third-order valence-electron chi connectivity index (χ3n) is 3.17. The van der Waals surface area contributed by atoms with E-state index >= 15 is 0 Å². The fourth-order valence-corrected chi connectivity index (χ4v) is 2.16. The molecule has 2 nitrogen and oxygen atoms in total. The maximum Gasteiger partial charge on any atom is 0.0480 e. The van der Waals surface area contributed by atoms with Crippen LogP contribution in [0.1, 0.15) is 26.2 Å². The summed E-state index contributed by atoms with van der Waals surface area (Å²) in [4.78, 5) is 0. The smallest absolute Gasteiger partial charge is 0.0480 e. The van der Waals surface area contributed by atoms with Crippen LogP contribution in [0.3, 0.4) is 0 Å². The van der Waals surface area contributed by atoms with Crippen LogP contribution in [0.5, 0.6) is 0 Å². The topological polar surface area (TPSA) is 17.0 Å². The lowest BCUT2D eigenvalue weighted by Gasteiger charge is -2.07. The SMILES string of the molecule is CCCCCNCCn1ccc2ccccc21. The Balaban J connectivity index is 1.79. The lowest BCUT2D eigenvalue weighted by Crippen LogP contribution is -2.20. The highest BCUT2D eigenvalue weighted by atomic mass is 15.0. The van der Waals surface area contributed by atoms with E-state index in [0.29, 0.717) is 0 Å². The molecule has 0 radical (unpaired) electrons. The summed E-state index contributed by atoms with van der Waals surface area (Å²) in [5.41, 5.74) is 1.34. The van der Waals surface area contributed by atoms with Crippen LogP contribution in [-0.2, 0) is 6.54 Å². The van der Waals surface area contributed by atoms with Gasteiger partial charge in [0.25, 0.3) is 0 Å². The Morgan fingerprint density at radius 2 is 1.94 bits per heavy atom. The molecule has 0 saturated carbocycles. The van der Waals surface area contributed by atoms with Crippen molar-refractivity contribution in [3.8, 4) is 0 Å². The number of unbranched alkanes of at least 4 members (excludes halogenated alkanes) is 2. The van der Waals surface area contributed by atoms with Crippen LogP contribution in [0.25, 0.3) is 10.9 Å². The van der Waals surface area contributed by atoms with Crippen molar-refractivity contribution in [1.29, 1.82) is 0 Å². The van der Waals surface area contributed by atoms with Gasteiger partial charge in [0.05, 0.1) is 0 Å². The Bertz CT molecular complexity index is 445. The predicted molar refractivity (Wildman–Crippen MR) is 74.3 cm³/mol. The van der Waals surface area contributed by atoms with Gasteiger partial charge in [-0.2, -0.15) is 0 Å². The molecule has 0 atom stereocenters. The van der Waals surface area contributed by atoms with E-state index in [-0.39, 0.29) is 0 Å². The fourth-order valence-electron chi connectivity index (χ4n) is 2.16. The molecular formula is C15H22N2. The first kappa shape index (κ1) is 12.2. The Morgan fingerprint density at radius 3 is 2.82 bits per heavy atom. The Morgan fingerprint density at radius 1 is 1.06 bits per heavy atom. The number of nitrogens with one attached hydrogen (secondary N) is 1. The third-order valence-corrected chi connectivity index (χ3v) is 3.17. The van der Waals surface area contributed by atoms with Gasteiger partial charge >= 0.3 is 0 Å². The Hall–Kier alpha value is -1.28. The molecule has 0 bridgehead atoms. The average molecular weight is 230 g/mol. The summed E-state index contributed by atoms with van der Waals surface area (Å²) in [6.07, 6.45) is 6.10. The maximum atomic E-state index is 3.50. The van der Waals surface area contributed by atoms with Crippen molar-refractivity contribution >= 4 is 10.9 Å². The van der Waals surface area contributed by atoms with Gasteiger partial charge in [0.2, 0.25) is 0 Å². The van der Waals surface area contributed by atoms with Gasteiger partial charge in [-0.05, 0) is 30.5 Å². The van der Waals surface area contributed by atoms with Gasteiger partial charge in [-0.3, -0.25) is 0 Å².